The van der Waals surface area contributed by atoms with Crippen molar-refractivity contribution in [3.05, 3.63) is 51.9 Å². The predicted molar refractivity (Wildman–Crippen MR) is 133 cm³/mol. The average Bonchev–Trinajstić information content (AvgIpc) is 3.10. The van der Waals surface area contributed by atoms with E-state index in [1.807, 2.05) is 13.0 Å². The van der Waals surface area contributed by atoms with Crippen molar-refractivity contribution >= 4 is 28.2 Å². The van der Waals surface area contributed by atoms with E-state index in [1.165, 1.54) is 23.3 Å². The average molecular weight is 470 g/mol. The highest BCUT2D eigenvalue weighted by Gasteiger charge is 2.30. The van der Waals surface area contributed by atoms with E-state index in [2.05, 4.69) is 53.2 Å². The number of carbonyl (C=O) groups is 2. The molecular formula is C26H35N3O3S. The smallest absolute Gasteiger partial charge is 0.341 e. The van der Waals surface area contributed by atoms with Gasteiger partial charge in [-0.3, -0.25) is 14.6 Å². The summed E-state index contributed by atoms with van der Waals surface area (Å²) in [5, 5.41) is 3.71. The first-order chi connectivity index (χ1) is 15.9. The summed E-state index contributed by atoms with van der Waals surface area (Å²) in [5.41, 5.74) is 2.88. The van der Waals surface area contributed by atoms with Gasteiger partial charge in [-0.2, -0.15) is 0 Å². The van der Waals surface area contributed by atoms with Crippen molar-refractivity contribution < 1.29 is 14.3 Å². The van der Waals surface area contributed by atoms with Crippen LogP contribution < -0.4 is 5.32 Å². The van der Waals surface area contributed by atoms with Gasteiger partial charge in [0.15, 0.2) is 0 Å². The van der Waals surface area contributed by atoms with Crippen LogP contribution in [0, 0.1) is 11.8 Å². The Bertz CT molecular complexity index is 965. The number of piperidine rings is 1. The second-order valence-corrected chi connectivity index (χ2v) is 10.7. The molecule has 1 saturated heterocycles. The number of hydrogen-bond acceptors (Lipinski definition) is 6. The van der Waals surface area contributed by atoms with Crippen LogP contribution in [-0.2, 0) is 29.0 Å². The van der Waals surface area contributed by atoms with Gasteiger partial charge in [0.1, 0.15) is 5.00 Å². The first kappa shape index (κ1) is 23.9. The first-order valence-corrected chi connectivity index (χ1v) is 12.8. The molecule has 2 aliphatic heterocycles. The lowest BCUT2D eigenvalue weighted by atomic mass is 9.92. The second-order valence-electron chi connectivity index (χ2n) is 9.56. The lowest BCUT2D eigenvalue weighted by Gasteiger charge is -2.34. The van der Waals surface area contributed by atoms with Crippen LogP contribution in [0.3, 0.4) is 0 Å². The van der Waals surface area contributed by atoms with Gasteiger partial charge in [-0.15, -0.1) is 11.3 Å². The van der Waals surface area contributed by atoms with Crippen LogP contribution in [0.25, 0.3) is 0 Å². The van der Waals surface area contributed by atoms with E-state index in [-0.39, 0.29) is 11.9 Å². The van der Waals surface area contributed by atoms with Gasteiger partial charge in [-0.1, -0.05) is 44.2 Å². The number of thiophene rings is 1. The minimum atomic E-state index is -0.331. The summed E-state index contributed by atoms with van der Waals surface area (Å²) in [6.07, 6.45) is 1.99. The summed E-state index contributed by atoms with van der Waals surface area (Å²) in [7, 11) is 0. The standard InChI is InChI=1S/C26H35N3O3S/c1-4-32-26(31)24-21-10-11-28(15-20-8-6-5-7-9-20)16-22(21)33-25(24)27-23(30)17-29-13-18(2)12-19(3)14-29/h5-9,18-19H,4,10-17H2,1-3H3,(H,27,30). The minimum absolute atomic E-state index is 0.0541. The number of nitrogens with zero attached hydrogens (tertiary/aromatic N) is 2. The SMILES string of the molecule is CCOC(=O)c1c(NC(=O)CN2CC(C)CC(C)C2)sc2c1CCN(Cc1ccccc1)C2. The van der Waals surface area contributed by atoms with E-state index in [1.54, 1.807) is 0 Å². The molecule has 33 heavy (non-hydrogen) atoms. The number of fused-ring (bicyclic) bond motifs is 1. The Hall–Kier alpha value is -2.22. The van der Waals surface area contributed by atoms with Gasteiger partial charge in [0.2, 0.25) is 5.91 Å². The normalized spacial score (nSPS) is 21.4. The van der Waals surface area contributed by atoms with E-state index in [9.17, 15) is 9.59 Å². The van der Waals surface area contributed by atoms with Crippen LogP contribution in [-0.4, -0.2) is 54.5 Å². The molecule has 0 saturated carbocycles. The third-order valence-electron chi connectivity index (χ3n) is 6.43. The van der Waals surface area contributed by atoms with Crippen LogP contribution in [0.1, 0.15) is 53.6 Å². The molecule has 4 rings (SSSR count). The molecule has 6 nitrogen and oxygen atoms in total. The molecule has 0 radical (unpaired) electrons. The van der Waals surface area contributed by atoms with Gasteiger partial charge < -0.3 is 10.1 Å². The molecule has 3 heterocycles. The molecule has 7 heteroatoms. The van der Waals surface area contributed by atoms with E-state index in [0.717, 1.165) is 49.6 Å². The third kappa shape index (κ3) is 6.02. The summed E-state index contributed by atoms with van der Waals surface area (Å²) in [6.45, 7) is 11.4. The van der Waals surface area contributed by atoms with Gasteiger partial charge in [0, 0.05) is 37.6 Å². The molecule has 1 fully saturated rings. The highest BCUT2D eigenvalue weighted by atomic mass is 32.1. The monoisotopic (exact) mass is 469 g/mol. The summed E-state index contributed by atoms with van der Waals surface area (Å²) >= 11 is 1.53. The van der Waals surface area contributed by atoms with Crippen LogP contribution in [0.15, 0.2) is 30.3 Å². The predicted octanol–water partition coefficient (Wildman–Crippen LogP) is 4.40. The number of hydrogen-bond donors (Lipinski definition) is 1. The zero-order valence-corrected chi connectivity index (χ0v) is 20.7. The van der Waals surface area contributed by atoms with Gasteiger partial charge in [-0.05, 0) is 42.7 Å². The number of ether oxygens (including phenoxy) is 1. The van der Waals surface area contributed by atoms with E-state index < -0.39 is 0 Å². The van der Waals surface area contributed by atoms with Gasteiger partial charge in [-0.25, -0.2) is 4.79 Å². The number of rotatable bonds is 7. The van der Waals surface area contributed by atoms with Crippen LogP contribution in [0.2, 0.25) is 0 Å². The third-order valence-corrected chi connectivity index (χ3v) is 7.56. The summed E-state index contributed by atoms with van der Waals surface area (Å²) in [6, 6.07) is 10.4. The topological polar surface area (TPSA) is 61.9 Å². The lowest BCUT2D eigenvalue weighted by molar-refractivity contribution is -0.117. The van der Waals surface area contributed by atoms with Crippen molar-refractivity contribution in [2.24, 2.45) is 11.8 Å². The molecule has 1 amide bonds. The van der Waals surface area contributed by atoms with E-state index in [0.29, 0.717) is 35.6 Å². The van der Waals surface area contributed by atoms with Crippen molar-refractivity contribution in [1.29, 1.82) is 0 Å². The Labute approximate surface area is 200 Å². The van der Waals surface area contributed by atoms with Crippen molar-refractivity contribution in [2.75, 3.05) is 38.1 Å². The van der Waals surface area contributed by atoms with Crippen molar-refractivity contribution in [1.82, 2.24) is 9.80 Å². The van der Waals surface area contributed by atoms with Crippen LogP contribution in [0.5, 0.6) is 0 Å². The van der Waals surface area contributed by atoms with Gasteiger partial charge >= 0.3 is 5.97 Å². The fraction of sp³-hybridized carbons (Fsp3) is 0.538. The summed E-state index contributed by atoms with van der Waals surface area (Å²) < 4.78 is 5.37. The number of anilines is 1. The Morgan fingerprint density at radius 3 is 2.55 bits per heavy atom. The number of likely N-dealkylation sites (tertiary alicyclic amines) is 1. The minimum Gasteiger partial charge on any atom is -0.462 e. The Morgan fingerprint density at radius 2 is 1.85 bits per heavy atom. The number of esters is 1. The van der Waals surface area contributed by atoms with Crippen LogP contribution >= 0.6 is 11.3 Å². The quantitative estimate of drug-likeness (QED) is 0.609. The molecule has 1 aromatic heterocycles. The molecular weight excluding hydrogens is 434 g/mol. The fourth-order valence-electron chi connectivity index (χ4n) is 5.23. The van der Waals surface area contributed by atoms with Crippen molar-refractivity contribution in [2.45, 2.75) is 46.7 Å². The molecule has 0 bridgehead atoms. The van der Waals surface area contributed by atoms with Gasteiger partial charge in [0.05, 0.1) is 18.7 Å². The molecule has 2 unspecified atom stereocenters. The maximum atomic E-state index is 12.9. The van der Waals surface area contributed by atoms with Crippen molar-refractivity contribution in [3.8, 4) is 0 Å². The highest BCUT2D eigenvalue weighted by molar-refractivity contribution is 7.17. The number of amides is 1. The molecule has 2 atom stereocenters. The summed E-state index contributed by atoms with van der Waals surface area (Å²) in [5.74, 6) is 0.811. The molecule has 1 aromatic carbocycles. The maximum absolute atomic E-state index is 12.9. The molecule has 2 aliphatic rings. The van der Waals surface area contributed by atoms with E-state index in [4.69, 9.17) is 4.74 Å². The van der Waals surface area contributed by atoms with Crippen molar-refractivity contribution in [3.63, 3.8) is 0 Å². The maximum Gasteiger partial charge on any atom is 0.341 e. The number of benzene rings is 1. The zero-order valence-electron chi connectivity index (χ0n) is 19.9. The van der Waals surface area contributed by atoms with Crippen LogP contribution in [0.4, 0.5) is 5.00 Å². The molecule has 2 aromatic rings. The zero-order chi connectivity index (χ0) is 23.4. The first-order valence-electron chi connectivity index (χ1n) is 12.0. The largest absolute Gasteiger partial charge is 0.462 e. The Balaban J connectivity index is 1.49. The summed E-state index contributed by atoms with van der Waals surface area (Å²) in [4.78, 5) is 31.5. The second kappa shape index (κ2) is 10.8. The molecule has 0 spiro atoms. The van der Waals surface area contributed by atoms with E-state index >= 15 is 0 Å². The number of nitrogens with one attached hydrogen (secondary N) is 1. The molecule has 178 valence electrons. The molecule has 0 aliphatic carbocycles. The number of carbonyl (C=O) groups excluding carboxylic acids is 2. The Morgan fingerprint density at radius 1 is 1.12 bits per heavy atom. The van der Waals surface area contributed by atoms with Gasteiger partial charge in [0.25, 0.3) is 0 Å². The Kier molecular flexibility index (Phi) is 7.83. The molecule has 1 N–H and O–H groups in total. The highest BCUT2D eigenvalue weighted by Crippen LogP contribution is 2.38. The fourth-order valence-corrected chi connectivity index (χ4v) is 6.52. The lowest BCUT2D eigenvalue weighted by Crippen LogP contribution is -2.42.